The Balaban J connectivity index is 2.42. The Hall–Kier alpha value is -3.01. The zero-order valence-corrected chi connectivity index (χ0v) is 16.0. The SMILES string of the molecule is CCOC(=O)c1c(C)c(C)n2c1-c1cc(OC)c(OC)c(F)c1CC2C#N. The molecule has 2 aromatic rings. The third-order valence-electron chi connectivity index (χ3n) is 5.06. The molecule has 3 rings (SSSR count). The van der Waals surface area contributed by atoms with E-state index in [1.165, 1.54) is 14.2 Å². The van der Waals surface area contributed by atoms with Crippen molar-refractivity contribution >= 4 is 5.97 Å². The lowest BCUT2D eigenvalue weighted by molar-refractivity contribution is 0.0526. The molecule has 7 heteroatoms. The highest BCUT2D eigenvalue weighted by molar-refractivity contribution is 6.00. The number of aromatic nitrogens is 1. The van der Waals surface area contributed by atoms with Crippen molar-refractivity contribution in [2.75, 3.05) is 20.8 Å². The van der Waals surface area contributed by atoms with Crippen LogP contribution in [-0.4, -0.2) is 31.4 Å². The van der Waals surface area contributed by atoms with Crippen LogP contribution in [0.2, 0.25) is 0 Å². The van der Waals surface area contributed by atoms with E-state index in [1.54, 1.807) is 24.5 Å². The maximum absolute atomic E-state index is 15.2. The minimum atomic E-state index is -0.637. The molecule has 0 spiro atoms. The van der Waals surface area contributed by atoms with E-state index in [0.29, 0.717) is 27.9 Å². The summed E-state index contributed by atoms with van der Waals surface area (Å²) in [6, 6.07) is 3.23. The van der Waals surface area contributed by atoms with Crippen molar-refractivity contribution in [3.8, 4) is 28.8 Å². The average Bonchev–Trinajstić information content (AvgIpc) is 2.93. The van der Waals surface area contributed by atoms with Crippen LogP contribution in [0.25, 0.3) is 11.3 Å². The Morgan fingerprint density at radius 1 is 1.37 bits per heavy atom. The van der Waals surface area contributed by atoms with Crippen LogP contribution in [-0.2, 0) is 11.2 Å². The summed E-state index contributed by atoms with van der Waals surface area (Å²) in [6.45, 7) is 5.59. The summed E-state index contributed by atoms with van der Waals surface area (Å²) in [5, 5.41) is 9.68. The molecule has 0 amide bonds. The van der Waals surface area contributed by atoms with E-state index in [0.717, 1.165) is 5.69 Å². The number of rotatable bonds is 4. The van der Waals surface area contributed by atoms with E-state index >= 15 is 4.39 Å². The highest BCUT2D eigenvalue weighted by Crippen LogP contribution is 2.47. The van der Waals surface area contributed by atoms with Gasteiger partial charge in [0.25, 0.3) is 0 Å². The molecule has 1 aliphatic rings. The summed E-state index contributed by atoms with van der Waals surface area (Å²) < 4.78 is 32.6. The van der Waals surface area contributed by atoms with Gasteiger partial charge >= 0.3 is 5.97 Å². The van der Waals surface area contributed by atoms with Gasteiger partial charge in [0, 0.05) is 23.2 Å². The van der Waals surface area contributed by atoms with Crippen LogP contribution < -0.4 is 9.47 Å². The van der Waals surface area contributed by atoms with Gasteiger partial charge in [0.15, 0.2) is 17.3 Å². The zero-order valence-electron chi connectivity index (χ0n) is 16.0. The first-order valence-corrected chi connectivity index (χ1v) is 8.62. The van der Waals surface area contributed by atoms with Crippen molar-refractivity contribution in [1.82, 2.24) is 4.57 Å². The molecule has 0 saturated heterocycles. The number of nitriles is 1. The molecule has 2 heterocycles. The summed E-state index contributed by atoms with van der Waals surface area (Å²) in [5.41, 5.74) is 3.16. The van der Waals surface area contributed by atoms with Crippen LogP contribution in [0.5, 0.6) is 11.5 Å². The van der Waals surface area contributed by atoms with Gasteiger partial charge in [-0.2, -0.15) is 5.26 Å². The Labute approximate surface area is 157 Å². The average molecular weight is 372 g/mol. The van der Waals surface area contributed by atoms with Crippen molar-refractivity contribution in [3.63, 3.8) is 0 Å². The predicted octanol–water partition coefficient (Wildman–Crippen LogP) is 3.73. The van der Waals surface area contributed by atoms with Crippen molar-refractivity contribution in [3.05, 3.63) is 34.3 Å². The molecule has 1 aromatic heterocycles. The highest BCUT2D eigenvalue weighted by atomic mass is 19.1. The van der Waals surface area contributed by atoms with Crippen molar-refractivity contribution in [2.24, 2.45) is 0 Å². The fourth-order valence-electron chi connectivity index (χ4n) is 3.72. The molecule has 1 aromatic carbocycles. The maximum atomic E-state index is 15.2. The number of carbonyl (C=O) groups is 1. The molecule has 0 N–H and O–H groups in total. The number of nitrogens with zero attached hydrogens (tertiary/aromatic N) is 2. The first-order chi connectivity index (χ1) is 12.9. The number of hydrogen-bond donors (Lipinski definition) is 0. The normalized spacial score (nSPS) is 14.8. The van der Waals surface area contributed by atoms with E-state index < -0.39 is 17.8 Å². The van der Waals surface area contributed by atoms with Crippen molar-refractivity contribution < 1.29 is 23.4 Å². The number of halogens is 1. The lowest BCUT2D eigenvalue weighted by atomic mass is 9.91. The van der Waals surface area contributed by atoms with Gasteiger partial charge in [0.05, 0.1) is 38.2 Å². The molecule has 0 radical (unpaired) electrons. The maximum Gasteiger partial charge on any atom is 0.340 e. The third kappa shape index (κ3) is 2.64. The molecule has 1 atom stereocenters. The third-order valence-corrected chi connectivity index (χ3v) is 5.06. The van der Waals surface area contributed by atoms with Gasteiger partial charge in [-0.25, -0.2) is 9.18 Å². The zero-order chi connectivity index (χ0) is 19.9. The fraction of sp³-hybridized carbons (Fsp3) is 0.400. The number of ether oxygens (including phenoxy) is 3. The van der Waals surface area contributed by atoms with E-state index in [1.807, 2.05) is 6.92 Å². The number of carbonyl (C=O) groups excluding carboxylic acids is 1. The Bertz CT molecular complexity index is 972. The van der Waals surface area contributed by atoms with Crippen LogP contribution in [0, 0.1) is 31.0 Å². The standard InChI is InChI=1S/C20H21FN2O4/c1-6-27-20(24)16-10(2)11(3)23-12(9-22)7-13-14(18(16)23)8-15(25-4)19(26-5)17(13)21/h8,12H,6-7H2,1-5H3. The minimum Gasteiger partial charge on any atom is -0.493 e. The summed E-state index contributed by atoms with van der Waals surface area (Å²) in [5.74, 6) is -0.864. The topological polar surface area (TPSA) is 73.5 Å². The number of methoxy groups -OCH3 is 2. The van der Waals surface area contributed by atoms with Crippen LogP contribution in [0.4, 0.5) is 4.39 Å². The largest absolute Gasteiger partial charge is 0.493 e. The Kier molecular flexibility index (Phi) is 4.83. The van der Waals surface area contributed by atoms with Gasteiger partial charge in [0.1, 0.15) is 6.04 Å². The summed E-state index contributed by atoms with van der Waals surface area (Å²) in [4.78, 5) is 12.6. The molecule has 1 aliphatic heterocycles. The monoisotopic (exact) mass is 372 g/mol. The van der Waals surface area contributed by atoms with Gasteiger partial charge in [-0.15, -0.1) is 0 Å². The van der Waals surface area contributed by atoms with Crippen LogP contribution in [0.1, 0.15) is 40.1 Å². The molecule has 0 saturated carbocycles. The molecule has 6 nitrogen and oxygen atoms in total. The first kappa shape index (κ1) is 18.8. The number of fused-ring (bicyclic) bond motifs is 3. The van der Waals surface area contributed by atoms with Gasteiger partial charge < -0.3 is 18.8 Å². The van der Waals surface area contributed by atoms with Crippen molar-refractivity contribution in [2.45, 2.75) is 33.2 Å². The van der Waals surface area contributed by atoms with Crippen LogP contribution in [0.3, 0.4) is 0 Å². The molecule has 0 aliphatic carbocycles. The summed E-state index contributed by atoms with van der Waals surface area (Å²) in [7, 11) is 2.78. The van der Waals surface area contributed by atoms with E-state index in [9.17, 15) is 10.1 Å². The molecule has 142 valence electrons. The van der Waals surface area contributed by atoms with Gasteiger partial charge in [-0.05, 0) is 32.4 Å². The number of hydrogen-bond acceptors (Lipinski definition) is 5. The van der Waals surface area contributed by atoms with E-state index in [2.05, 4.69) is 6.07 Å². The molecule has 27 heavy (non-hydrogen) atoms. The fourth-order valence-corrected chi connectivity index (χ4v) is 3.72. The second-order valence-corrected chi connectivity index (χ2v) is 6.33. The second-order valence-electron chi connectivity index (χ2n) is 6.33. The van der Waals surface area contributed by atoms with Crippen molar-refractivity contribution in [1.29, 1.82) is 5.26 Å². The van der Waals surface area contributed by atoms with E-state index in [4.69, 9.17) is 14.2 Å². The number of benzene rings is 1. The highest BCUT2D eigenvalue weighted by Gasteiger charge is 2.36. The molecular weight excluding hydrogens is 351 g/mol. The predicted molar refractivity (Wildman–Crippen MR) is 96.7 cm³/mol. The number of esters is 1. The first-order valence-electron chi connectivity index (χ1n) is 8.62. The Morgan fingerprint density at radius 2 is 2.07 bits per heavy atom. The molecule has 0 fully saturated rings. The summed E-state index contributed by atoms with van der Waals surface area (Å²) in [6.07, 6.45) is 0.169. The van der Waals surface area contributed by atoms with Gasteiger partial charge in [-0.3, -0.25) is 0 Å². The van der Waals surface area contributed by atoms with Crippen LogP contribution >= 0.6 is 0 Å². The molecule has 0 bridgehead atoms. The molecule has 1 unspecified atom stereocenters. The van der Waals surface area contributed by atoms with Gasteiger partial charge in [-0.1, -0.05) is 0 Å². The summed E-state index contributed by atoms with van der Waals surface area (Å²) >= 11 is 0. The van der Waals surface area contributed by atoms with E-state index in [-0.39, 0.29) is 24.5 Å². The lowest BCUT2D eigenvalue weighted by Crippen LogP contribution is -2.21. The molecular formula is C20H21FN2O4. The minimum absolute atomic E-state index is 0.0147. The lowest BCUT2D eigenvalue weighted by Gasteiger charge is -2.27. The van der Waals surface area contributed by atoms with Gasteiger partial charge in [0.2, 0.25) is 0 Å². The smallest absolute Gasteiger partial charge is 0.340 e. The second kappa shape index (κ2) is 6.95. The Morgan fingerprint density at radius 3 is 2.63 bits per heavy atom. The quantitative estimate of drug-likeness (QED) is 0.765. The van der Waals surface area contributed by atoms with Crippen LogP contribution in [0.15, 0.2) is 6.07 Å².